The van der Waals surface area contributed by atoms with Gasteiger partial charge < -0.3 is 9.64 Å². The highest BCUT2D eigenvalue weighted by Gasteiger charge is 2.36. The summed E-state index contributed by atoms with van der Waals surface area (Å²) in [5.74, 6) is 1.73. The van der Waals surface area contributed by atoms with Crippen LogP contribution < -0.4 is 4.90 Å². The molecule has 4 nitrogen and oxygen atoms in total. The predicted octanol–water partition coefficient (Wildman–Crippen LogP) is 1.89. The first-order valence-corrected chi connectivity index (χ1v) is 7.23. The second kappa shape index (κ2) is 5.65. The number of hydrogen-bond donors (Lipinski definition) is 0. The lowest BCUT2D eigenvalue weighted by atomic mass is 10.1. The molecule has 5 heteroatoms. The summed E-state index contributed by atoms with van der Waals surface area (Å²) in [7, 11) is 1.79. The van der Waals surface area contributed by atoms with E-state index in [-0.39, 0.29) is 0 Å². The van der Waals surface area contributed by atoms with Crippen LogP contribution in [0.3, 0.4) is 0 Å². The molecule has 3 heterocycles. The lowest BCUT2D eigenvalue weighted by molar-refractivity contribution is 0.153. The normalized spacial score (nSPS) is 27.6. The summed E-state index contributed by atoms with van der Waals surface area (Å²) in [6.45, 7) is 5.29. The van der Waals surface area contributed by atoms with Crippen molar-refractivity contribution >= 4 is 17.4 Å². The van der Waals surface area contributed by atoms with Crippen molar-refractivity contribution in [3.8, 4) is 0 Å². The molecular formula is C14H20ClN3O. The Morgan fingerprint density at radius 1 is 1.37 bits per heavy atom. The molecule has 0 aliphatic carbocycles. The lowest BCUT2D eigenvalue weighted by Crippen LogP contribution is -2.50. The van der Waals surface area contributed by atoms with Gasteiger partial charge in [-0.1, -0.05) is 11.6 Å². The molecule has 2 unspecified atom stereocenters. The Morgan fingerprint density at radius 2 is 2.26 bits per heavy atom. The van der Waals surface area contributed by atoms with Crippen LogP contribution in [0.25, 0.3) is 0 Å². The maximum Gasteiger partial charge on any atom is 0.128 e. The largest absolute Gasteiger partial charge is 0.384 e. The van der Waals surface area contributed by atoms with Crippen LogP contribution in [-0.2, 0) is 4.74 Å². The van der Waals surface area contributed by atoms with E-state index in [1.54, 1.807) is 13.3 Å². The van der Waals surface area contributed by atoms with Crippen molar-refractivity contribution < 1.29 is 4.74 Å². The Morgan fingerprint density at radius 3 is 3.00 bits per heavy atom. The van der Waals surface area contributed by atoms with Gasteiger partial charge in [0.25, 0.3) is 0 Å². The van der Waals surface area contributed by atoms with Crippen molar-refractivity contribution in [2.75, 3.05) is 44.8 Å². The number of halogens is 1. The van der Waals surface area contributed by atoms with Crippen molar-refractivity contribution in [2.24, 2.45) is 5.92 Å². The van der Waals surface area contributed by atoms with Gasteiger partial charge in [0.05, 0.1) is 11.6 Å². The van der Waals surface area contributed by atoms with Crippen LogP contribution >= 0.6 is 11.6 Å². The van der Waals surface area contributed by atoms with Gasteiger partial charge in [-0.05, 0) is 24.5 Å². The molecule has 0 bridgehead atoms. The number of pyridine rings is 1. The Labute approximate surface area is 119 Å². The van der Waals surface area contributed by atoms with E-state index < -0.39 is 0 Å². The summed E-state index contributed by atoms with van der Waals surface area (Å²) >= 11 is 5.89. The summed E-state index contributed by atoms with van der Waals surface area (Å²) in [5, 5.41) is 0.698. The molecular weight excluding hydrogens is 262 g/mol. The highest BCUT2D eigenvalue weighted by Crippen LogP contribution is 2.28. The van der Waals surface area contributed by atoms with E-state index in [2.05, 4.69) is 14.8 Å². The quantitative estimate of drug-likeness (QED) is 0.846. The molecule has 0 spiro atoms. The Balaban J connectivity index is 1.64. The summed E-state index contributed by atoms with van der Waals surface area (Å²) in [6, 6.07) is 4.57. The molecule has 0 saturated carbocycles. The van der Waals surface area contributed by atoms with Crippen molar-refractivity contribution in [1.82, 2.24) is 9.88 Å². The zero-order chi connectivity index (χ0) is 13.2. The number of ether oxygens (including phenoxy) is 1. The summed E-state index contributed by atoms with van der Waals surface area (Å²) in [6.07, 6.45) is 2.96. The van der Waals surface area contributed by atoms with Crippen molar-refractivity contribution in [3.63, 3.8) is 0 Å². The number of hydrogen-bond acceptors (Lipinski definition) is 4. The van der Waals surface area contributed by atoms with Gasteiger partial charge in [-0.15, -0.1) is 0 Å². The minimum atomic E-state index is 0.645. The molecule has 2 aliphatic heterocycles. The third-order valence-corrected chi connectivity index (χ3v) is 4.36. The predicted molar refractivity (Wildman–Crippen MR) is 76.8 cm³/mol. The number of piperazine rings is 1. The topological polar surface area (TPSA) is 28.6 Å². The zero-order valence-corrected chi connectivity index (χ0v) is 12.0. The number of fused-ring (bicyclic) bond motifs is 1. The Kier molecular flexibility index (Phi) is 3.91. The highest BCUT2D eigenvalue weighted by atomic mass is 35.5. The average Bonchev–Trinajstić information content (AvgIpc) is 2.81. The van der Waals surface area contributed by atoms with E-state index in [1.165, 1.54) is 13.0 Å². The maximum absolute atomic E-state index is 5.89. The molecule has 104 valence electrons. The van der Waals surface area contributed by atoms with Crippen LogP contribution in [0.4, 0.5) is 5.82 Å². The van der Waals surface area contributed by atoms with Gasteiger partial charge in [0.1, 0.15) is 5.82 Å². The van der Waals surface area contributed by atoms with Crippen LogP contribution in [-0.4, -0.2) is 55.8 Å². The van der Waals surface area contributed by atoms with Crippen LogP contribution in [0.2, 0.25) is 5.02 Å². The standard InChI is InChI=1S/C14H20ClN3O/c1-19-10-11-6-13-9-18(5-4-17(13)8-11)14-3-2-12(15)7-16-14/h2-3,7,11,13H,4-6,8-10H2,1H3. The maximum atomic E-state index is 5.89. The smallest absolute Gasteiger partial charge is 0.128 e. The number of nitrogens with zero attached hydrogens (tertiary/aromatic N) is 3. The summed E-state index contributed by atoms with van der Waals surface area (Å²) in [5.41, 5.74) is 0. The first-order chi connectivity index (χ1) is 9.26. The van der Waals surface area contributed by atoms with Gasteiger partial charge in [-0.25, -0.2) is 4.98 Å². The fourth-order valence-electron chi connectivity index (χ4n) is 3.27. The molecule has 2 fully saturated rings. The summed E-state index contributed by atoms with van der Waals surface area (Å²) in [4.78, 5) is 9.38. The first kappa shape index (κ1) is 13.2. The van der Waals surface area contributed by atoms with E-state index in [1.807, 2.05) is 12.1 Å². The zero-order valence-electron chi connectivity index (χ0n) is 11.3. The lowest BCUT2D eigenvalue weighted by Gasteiger charge is -2.38. The first-order valence-electron chi connectivity index (χ1n) is 6.86. The molecule has 1 aromatic heterocycles. The molecule has 19 heavy (non-hydrogen) atoms. The minimum Gasteiger partial charge on any atom is -0.384 e. The Bertz CT molecular complexity index is 425. The molecule has 1 aromatic rings. The molecule has 0 N–H and O–H groups in total. The molecule has 0 aromatic carbocycles. The van der Waals surface area contributed by atoms with Crippen molar-refractivity contribution in [2.45, 2.75) is 12.5 Å². The van der Waals surface area contributed by atoms with Gasteiger partial charge in [0, 0.05) is 45.5 Å². The van der Waals surface area contributed by atoms with Crippen LogP contribution in [0.1, 0.15) is 6.42 Å². The molecule has 2 saturated heterocycles. The third kappa shape index (κ3) is 2.86. The SMILES string of the molecule is COCC1CC2CN(c3ccc(Cl)cn3)CCN2C1. The highest BCUT2D eigenvalue weighted by molar-refractivity contribution is 6.30. The fourth-order valence-corrected chi connectivity index (χ4v) is 3.38. The number of aromatic nitrogens is 1. The van der Waals surface area contributed by atoms with Gasteiger partial charge in [-0.3, -0.25) is 4.90 Å². The molecule has 3 rings (SSSR count). The third-order valence-electron chi connectivity index (χ3n) is 4.14. The van der Waals surface area contributed by atoms with Crippen LogP contribution in [0.5, 0.6) is 0 Å². The fraction of sp³-hybridized carbons (Fsp3) is 0.643. The monoisotopic (exact) mass is 281 g/mol. The van der Waals surface area contributed by atoms with E-state index in [9.17, 15) is 0 Å². The van der Waals surface area contributed by atoms with Crippen LogP contribution in [0.15, 0.2) is 18.3 Å². The second-order valence-corrected chi connectivity index (χ2v) is 5.92. The van der Waals surface area contributed by atoms with Gasteiger partial charge in [0.15, 0.2) is 0 Å². The number of anilines is 1. The van der Waals surface area contributed by atoms with Gasteiger partial charge in [-0.2, -0.15) is 0 Å². The van der Waals surface area contributed by atoms with E-state index >= 15 is 0 Å². The molecule has 2 aliphatic rings. The van der Waals surface area contributed by atoms with E-state index in [0.717, 1.165) is 32.1 Å². The van der Waals surface area contributed by atoms with Gasteiger partial charge >= 0.3 is 0 Å². The Hall–Kier alpha value is -0.840. The second-order valence-electron chi connectivity index (χ2n) is 5.49. The van der Waals surface area contributed by atoms with Crippen molar-refractivity contribution in [1.29, 1.82) is 0 Å². The molecule has 0 amide bonds. The number of rotatable bonds is 3. The van der Waals surface area contributed by atoms with Crippen LogP contribution in [0, 0.1) is 5.92 Å². The molecule has 0 radical (unpaired) electrons. The number of methoxy groups -OCH3 is 1. The van der Waals surface area contributed by atoms with Gasteiger partial charge in [0.2, 0.25) is 0 Å². The summed E-state index contributed by atoms with van der Waals surface area (Å²) < 4.78 is 5.29. The van der Waals surface area contributed by atoms with E-state index in [4.69, 9.17) is 16.3 Å². The van der Waals surface area contributed by atoms with E-state index in [0.29, 0.717) is 17.0 Å². The average molecular weight is 282 g/mol. The minimum absolute atomic E-state index is 0.645. The van der Waals surface area contributed by atoms with Crippen molar-refractivity contribution in [3.05, 3.63) is 23.4 Å². The molecule has 2 atom stereocenters.